The number of hydrogen-bond acceptors (Lipinski definition) is 1. The zero-order chi connectivity index (χ0) is 13.7. The molecule has 0 saturated heterocycles. The van der Waals surface area contributed by atoms with Gasteiger partial charge in [0.1, 0.15) is 11.6 Å². The van der Waals surface area contributed by atoms with Crippen LogP contribution in [0.2, 0.25) is 0 Å². The lowest BCUT2D eigenvalue weighted by molar-refractivity contribution is 0.512. The van der Waals surface area contributed by atoms with E-state index >= 15 is 0 Å². The van der Waals surface area contributed by atoms with E-state index in [0.29, 0.717) is 6.54 Å². The second-order valence-corrected chi connectivity index (χ2v) is 4.53. The molecule has 2 rings (SSSR count). The second kappa shape index (κ2) is 6.43. The Balaban J connectivity index is 2.04. The molecule has 2 aromatic rings. The molecule has 3 heteroatoms. The summed E-state index contributed by atoms with van der Waals surface area (Å²) >= 11 is 0. The maximum atomic E-state index is 13.2. The molecule has 0 aliphatic carbocycles. The third-order valence-corrected chi connectivity index (χ3v) is 3.10. The van der Waals surface area contributed by atoms with Crippen LogP contribution in [0, 0.1) is 11.6 Å². The first-order chi connectivity index (χ1) is 9.19. The lowest BCUT2D eigenvalue weighted by Crippen LogP contribution is -2.20. The molecule has 1 unspecified atom stereocenters. The van der Waals surface area contributed by atoms with Crippen LogP contribution in [-0.2, 0) is 6.54 Å². The van der Waals surface area contributed by atoms with Crippen molar-refractivity contribution < 1.29 is 8.78 Å². The largest absolute Gasteiger partial charge is 0.306 e. The summed E-state index contributed by atoms with van der Waals surface area (Å²) in [5, 5.41) is 3.32. The van der Waals surface area contributed by atoms with Crippen molar-refractivity contribution in [1.82, 2.24) is 5.32 Å². The minimum absolute atomic E-state index is 0.0685. The molecule has 0 aromatic heterocycles. The fourth-order valence-corrected chi connectivity index (χ4v) is 2.11. The summed E-state index contributed by atoms with van der Waals surface area (Å²) < 4.78 is 26.3. The number of halogens is 2. The molecule has 0 spiro atoms. The standard InChI is InChI=1S/C16H17F2N/c1-2-16(13-6-4-8-15(18)10-13)19-11-12-5-3-7-14(17)9-12/h3-10,16,19H,2,11H2,1H3. The monoisotopic (exact) mass is 261 g/mol. The van der Waals surface area contributed by atoms with Gasteiger partial charge in [0.25, 0.3) is 0 Å². The summed E-state index contributed by atoms with van der Waals surface area (Å²) in [6, 6.07) is 13.1. The third kappa shape index (κ3) is 3.86. The first kappa shape index (κ1) is 13.7. The van der Waals surface area contributed by atoms with Crippen molar-refractivity contribution in [3.8, 4) is 0 Å². The van der Waals surface area contributed by atoms with E-state index in [-0.39, 0.29) is 17.7 Å². The van der Waals surface area contributed by atoms with Crippen molar-refractivity contribution in [2.24, 2.45) is 0 Å². The highest BCUT2D eigenvalue weighted by atomic mass is 19.1. The van der Waals surface area contributed by atoms with E-state index in [0.717, 1.165) is 17.5 Å². The van der Waals surface area contributed by atoms with Crippen LogP contribution in [0.15, 0.2) is 48.5 Å². The number of nitrogens with one attached hydrogen (secondary N) is 1. The Bertz CT molecular complexity index is 540. The SMILES string of the molecule is CCC(NCc1cccc(F)c1)c1cccc(F)c1. The molecule has 0 bridgehead atoms. The molecule has 0 saturated carbocycles. The molecule has 0 radical (unpaired) electrons. The molecule has 0 heterocycles. The zero-order valence-corrected chi connectivity index (χ0v) is 10.9. The van der Waals surface area contributed by atoms with Crippen LogP contribution < -0.4 is 5.32 Å². The minimum Gasteiger partial charge on any atom is -0.306 e. The van der Waals surface area contributed by atoms with E-state index in [2.05, 4.69) is 5.32 Å². The van der Waals surface area contributed by atoms with Gasteiger partial charge in [-0.1, -0.05) is 31.2 Å². The maximum absolute atomic E-state index is 13.2. The van der Waals surface area contributed by atoms with Gasteiger partial charge in [0, 0.05) is 12.6 Å². The molecule has 100 valence electrons. The predicted octanol–water partition coefficient (Wildman–Crippen LogP) is 4.21. The highest BCUT2D eigenvalue weighted by Crippen LogP contribution is 2.18. The molecule has 1 nitrogen and oxygen atoms in total. The van der Waals surface area contributed by atoms with Gasteiger partial charge < -0.3 is 5.32 Å². The summed E-state index contributed by atoms with van der Waals surface area (Å²) in [4.78, 5) is 0. The normalized spacial score (nSPS) is 12.4. The van der Waals surface area contributed by atoms with Gasteiger partial charge in [-0.2, -0.15) is 0 Å². The van der Waals surface area contributed by atoms with Crippen molar-refractivity contribution in [1.29, 1.82) is 0 Å². The molecule has 2 aromatic carbocycles. The molecular formula is C16H17F2N. The summed E-state index contributed by atoms with van der Waals surface area (Å²) in [5.74, 6) is -0.471. The van der Waals surface area contributed by atoms with Crippen molar-refractivity contribution in [3.63, 3.8) is 0 Å². The van der Waals surface area contributed by atoms with Gasteiger partial charge in [0.05, 0.1) is 0 Å². The molecule has 0 amide bonds. The number of rotatable bonds is 5. The number of hydrogen-bond donors (Lipinski definition) is 1. The van der Waals surface area contributed by atoms with Crippen molar-refractivity contribution in [3.05, 3.63) is 71.3 Å². The Morgan fingerprint density at radius 1 is 1.00 bits per heavy atom. The van der Waals surface area contributed by atoms with Crippen LogP contribution in [0.1, 0.15) is 30.5 Å². The molecule has 0 fully saturated rings. The van der Waals surface area contributed by atoms with Crippen LogP contribution in [0.4, 0.5) is 8.78 Å². The summed E-state index contributed by atoms with van der Waals surface area (Å²) in [6.07, 6.45) is 0.846. The highest BCUT2D eigenvalue weighted by Gasteiger charge is 2.09. The van der Waals surface area contributed by atoms with Crippen molar-refractivity contribution in [2.75, 3.05) is 0 Å². The first-order valence-corrected chi connectivity index (χ1v) is 6.42. The topological polar surface area (TPSA) is 12.0 Å². The van der Waals surface area contributed by atoms with E-state index in [4.69, 9.17) is 0 Å². The number of benzene rings is 2. The molecule has 0 aliphatic heterocycles. The minimum atomic E-state index is -0.238. The Kier molecular flexibility index (Phi) is 4.63. The van der Waals surface area contributed by atoms with Crippen LogP contribution in [-0.4, -0.2) is 0 Å². The predicted molar refractivity (Wildman–Crippen MR) is 72.7 cm³/mol. The second-order valence-electron chi connectivity index (χ2n) is 4.53. The Hall–Kier alpha value is -1.74. The van der Waals surface area contributed by atoms with E-state index in [1.165, 1.54) is 24.3 Å². The van der Waals surface area contributed by atoms with Crippen molar-refractivity contribution in [2.45, 2.75) is 25.9 Å². The van der Waals surface area contributed by atoms with E-state index in [1.807, 2.05) is 19.1 Å². The summed E-state index contributed by atoms with van der Waals surface area (Å²) in [7, 11) is 0. The van der Waals surface area contributed by atoms with Crippen LogP contribution in [0.25, 0.3) is 0 Å². The first-order valence-electron chi connectivity index (χ1n) is 6.42. The summed E-state index contributed by atoms with van der Waals surface area (Å²) in [6.45, 7) is 2.60. The Morgan fingerprint density at radius 3 is 2.32 bits per heavy atom. The van der Waals surface area contributed by atoms with Gasteiger partial charge in [0.2, 0.25) is 0 Å². The molecule has 1 N–H and O–H groups in total. The fourth-order valence-electron chi connectivity index (χ4n) is 2.11. The average molecular weight is 261 g/mol. The van der Waals surface area contributed by atoms with Crippen LogP contribution in [0.5, 0.6) is 0 Å². The Labute approximate surface area is 112 Å². The van der Waals surface area contributed by atoms with E-state index in [9.17, 15) is 8.78 Å². The summed E-state index contributed by atoms with van der Waals surface area (Å²) in [5.41, 5.74) is 1.80. The zero-order valence-electron chi connectivity index (χ0n) is 10.9. The third-order valence-electron chi connectivity index (χ3n) is 3.10. The smallest absolute Gasteiger partial charge is 0.123 e. The quantitative estimate of drug-likeness (QED) is 0.850. The lowest BCUT2D eigenvalue weighted by atomic mass is 10.0. The maximum Gasteiger partial charge on any atom is 0.123 e. The highest BCUT2D eigenvalue weighted by molar-refractivity contribution is 5.21. The molecule has 1 atom stereocenters. The van der Waals surface area contributed by atoms with Crippen LogP contribution in [0.3, 0.4) is 0 Å². The average Bonchev–Trinajstić information content (AvgIpc) is 2.40. The molecule has 19 heavy (non-hydrogen) atoms. The van der Waals surface area contributed by atoms with Gasteiger partial charge >= 0.3 is 0 Å². The van der Waals surface area contributed by atoms with Gasteiger partial charge in [-0.05, 0) is 41.8 Å². The molecular weight excluding hydrogens is 244 g/mol. The van der Waals surface area contributed by atoms with E-state index in [1.54, 1.807) is 12.1 Å². The lowest BCUT2D eigenvalue weighted by Gasteiger charge is -2.17. The van der Waals surface area contributed by atoms with Gasteiger partial charge in [-0.3, -0.25) is 0 Å². The van der Waals surface area contributed by atoms with Gasteiger partial charge in [-0.15, -0.1) is 0 Å². The van der Waals surface area contributed by atoms with Crippen molar-refractivity contribution >= 4 is 0 Å². The van der Waals surface area contributed by atoms with Gasteiger partial charge in [-0.25, -0.2) is 8.78 Å². The van der Waals surface area contributed by atoms with Crippen LogP contribution >= 0.6 is 0 Å². The Morgan fingerprint density at radius 2 is 1.68 bits per heavy atom. The molecule has 0 aliphatic rings. The fraction of sp³-hybridized carbons (Fsp3) is 0.250. The van der Waals surface area contributed by atoms with Gasteiger partial charge in [0.15, 0.2) is 0 Å². The van der Waals surface area contributed by atoms with E-state index < -0.39 is 0 Å².